The Bertz CT molecular complexity index is 200. The van der Waals surface area contributed by atoms with Gasteiger partial charge in [-0.2, -0.15) is 0 Å². The van der Waals surface area contributed by atoms with E-state index in [1.165, 1.54) is 32.1 Å². The molecule has 1 fully saturated rings. The van der Waals surface area contributed by atoms with Gasteiger partial charge in [-0.1, -0.05) is 19.3 Å². The summed E-state index contributed by atoms with van der Waals surface area (Å²) in [4.78, 5) is 13.8. The zero-order chi connectivity index (χ0) is 11.8. The third-order valence-corrected chi connectivity index (χ3v) is 3.53. The van der Waals surface area contributed by atoms with Crippen molar-refractivity contribution >= 4 is 5.91 Å². The predicted octanol–water partition coefficient (Wildman–Crippen LogP) is 2.02. The van der Waals surface area contributed by atoms with Crippen molar-refractivity contribution in [3.8, 4) is 0 Å². The van der Waals surface area contributed by atoms with E-state index >= 15 is 0 Å². The summed E-state index contributed by atoms with van der Waals surface area (Å²) in [6.45, 7) is 1.87. The molecule has 0 atom stereocenters. The Morgan fingerprint density at radius 1 is 1.31 bits per heavy atom. The van der Waals surface area contributed by atoms with Crippen molar-refractivity contribution < 1.29 is 4.79 Å². The van der Waals surface area contributed by atoms with Crippen LogP contribution in [0.2, 0.25) is 0 Å². The van der Waals surface area contributed by atoms with Crippen molar-refractivity contribution in [1.82, 2.24) is 10.2 Å². The van der Waals surface area contributed by atoms with Crippen LogP contribution in [-0.2, 0) is 4.79 Å². The molecule has 0 radical (unpaired) electrons. The van der Waals surface area contributed by atoms with Gasteiger partial charge >= 0.3 is 0 Å². The molecular formula is C13H26N2O. The Hall–Kier alpha value is -0.570. The largest absolute Gasteiger partial charge is 0.346 e. The summed E-state index contributed by atoms with van der Waals surface area (Å²) in [5.41, 5.74) is 0. The predicted molar refractivity (Wildman–Crippen MR) is 67.4 cm³/mol. The normalized spacial score (nSPS) is 17.4. The van der Waals surface area contributed by atoms with Gasteiger partial charge in [-0.05, 0) is 38.8 Å². The fourth-order valence-electron chi connectivity index (χ4n) is 2.41. The van der Waals surface area contributed by atoms with Gasteiger partial charge in [-0.25, -0.2) is 0 Å². The van der Waals surface area contributed by atoms with E-state index in [9.17, 15) is 4.79 Å². The Labute approximate surface area is 99.6 Å². The van der Waals surface area contributed by atoms with Crippen LogP contribution in [0.1, 0.15) is 44.9 Å². The molecule has 1 saturated carbocycles. The number of hydrogen-bond acceptors (Lipinski definition) is 2. The van der Waals surface area contributed by atoms with E-state index in [1.807, 2.05) is 19.0 Å². The van der Waals surface area contributed by atoms with Crippen molar-refractivity contribution in [3.05, 3.63) is 0 Å². The van der Waals surface area contributed by atoms with Gasteiger partial charge in [0.2, 0.25) is 5.91 Å². The first-order chi connectivity index (χ1) is 7.74. The fourth-order valence-corrected chi connectivity index (χ4v) is 2.41. The second-order valence-corrected chi connectivity index (χ2v) is 4.98. The molecule has 0 aliphatic heterocycles. The molecule has 1 aliphatic rings. The van der Waals surface area contributed by atoms with E-state index in [-0.39, 0.29) is 0 Å². The summed E-state index contributed by atoms with van der Waals surface area (Å²) in [6, 6.07) is 0. The standard InChI is InChI=1S/C13H26N2O/c1-14-9-6-10-15(2)13(16)11-12-7-4-3-5-8-12/h12,14H,3-11H2,1-2H3. The van der Waals surface area contributed by atoms with E-state index in [0.717, 1.165) is 25.9 Å². The highest BCUT2D eigenvalue weighted by Gasteiger charge is 2.18. The van der Waals surface area contributed by atoms with E-state index in [1.54, 1.807) is 0 Å². The molecule has 3 heteroatoms. The minimum absolute atomic E-state index is 0.336. The molecule has 0 heterocycles. The molecule has 1 aliphatic carbocycles. The van der Waals surface area contributed by atoms with Crippen LogP contribution >= 0.6 is 0 Å². The van der Waals surface area contributed by atoms with Crippen molar-refractivity contribution in [1.29, 1.82) is 0 Å². The molecule has 0 aromatic carbocycles. The first kappa shape index (κ1) is 13.5. The summed E-state index contributed by atoms with van der Waals surface area (Å²) in [5, 5.41) is 3.11. The summed E-state index contributed by atoms with van der Waals surface area (Å²) >= 11 is 0. The van der Waals surface area contributed by atoms with E-state index in [2.05, 4.69) is 5.32 Å². The number of amides is 1. The number of rotatable bonds is 6. The average Bonchev–Trinajstić information content (AvgIpc) is 2.30. The molecular weight excluding hydrogens is 200 g/mol. The van der Waals surface area contributed by atoms with Crippen molar-refractivity contribution in [2.24, 2.45) is 5.92 Å². The molecule has 0 unspecified atom stereocenters. The van der Waals surface area contributed by atoms with Crippen LogP contribution in [0.25, 0.3) is 0 Å². The van der Waals surface area contributed by atoms with Crippen LogP contribution in [0.5, 0.6) is 0 Å². The Kier molecular flexibility index (Phi) is 6.46. The lowest BCUT2D eigenvalue weighted by molar-refractivity contribution is -0.131. The topological polar surface area (TPSA) is 32.3 Å². The lowest BCUT2D eigenvalue weighted by Gasteiger charge is -2.24. The van der Waals surface area contributed by atoms with Crippen LogP contribution in [-0.4, -0.2) is 38.0 Å². The third-order valence-electron chi connectivity index (χ3n) is 3.53. The molecule has 3 nitrogen and oxygen atoms in total. The molecule has 94 valence electrons. The first-order valence-corrected chi connectivity index (χ1v) is 6.62. The van der Waals surface area contributed by atoms with Crippen molar-refractivity contribution in [3.63, 3.8) is 0 Å². The number of hydrogen-bond donors (Lipinski definition) is 1. The van der Waals surface area contributed by atoms with Gasteiger partial charge in [0.15, 0.2) is 0 Å². The third kappa shape index (κ3) is 4.97. The molecule has 0 saturated heterocycles. The van der Waals surface area contributed by atoms with Gasteiger partial charge in [-0.15, -0.1) is 0 Å². The van der Waals surface area contributed by atoms with Gasteiger partial charge in [-0.3, -0.25) is 4.79 Å². The fraction of sp³-hybridized carbons (Fsp3) is 0.923. The van der Waals surface area contributed by atoms with Gasteiger partial charge in [0.1, 0.15) is 0 Å². The number of carbonyl (C=O) groups excluding carboxylic acids is 1. The first-order valence-electron chi connectivity index (χ1n) is 6.62. The molecule has 0 bridgehead atoms. The maximum atomic E-state index is 11.9. The van der Waals surface area contributed by atoms with Gasteiger partial charge in [0.05, 0.1) is 0 Å². The highest BCUT2D eigenvalue weighted by Crippen LogP contribution is 2.26. The SMILES string of the molecule is CNCCCN(C)C(=O)CC1CCCCC1. The van der Waals surface area contributed by atoms with E-state index in [4.69, 9.17) is 0 Å². The minimum Gasteiger partial charge on any atom is -0.346 e. The van der Waals surface area contributed by atoms with Crippen LogP contribution in [0.3, 0.4) is 0 Å². The summed E-state index contributed by atoms with van der Waals surface area (Å²) < 4.78 is 0. The average molecular weight is 226 g/mol. The van der Waals surface area contributed by atoms with E-state index in [0.29, 0.717) is 11.8 Å². The molecule has 1 amide bonds. The Morgan fingerprint density at radius 2 is 2.00 bits per heavy atom. The lowest BCUT2D eigenvalue weighted by atomic mass is 9.87. The van der Waals surface area contributed by atoms with Crippen molar-refractivity contribution in [2.75, 3.05) is 27.2 Å². The summed E-state index contributed by atoms with van der Waals surface area (Å²) in [7, 11) is 3.88. The lowest BCUT2D eigenvalue weighted by Crippen LogP contribution is -2.31. The Balaban J connectivity index is 2.16. The van der Waals surface area contributed by atoms with Crippen LogP contribution in [0, 0.1) is 5.92 Å². The monoisotopic (exact) mass is 226 g/mol. The molecule has 16 heavy (non-hydrogen) atoms. The van der Waals surface area contributed by atoms with Gasteiger partial charge in [0.25, 0.3) is 0 Å². The highest BCUT2D eigenvalue weighted by molar-refractivity contribution is 5.76. The van der Waals surface area contributed by atoms with Crippen LogP contribution in [0.15, 0.2) is 0 Å². The van der Waals surface area contributed by atoms with E-state index < -0.39 is 0 Å². The maximum absolute atomic E-state index is 11.9. The minimum atomic E-state index is 0.336. The molecule has 0 aromatic heterocycles. The zero-order valence-corrected chi connectivity index (χ0v) is 10.8. The molecule has 1 N–H and O–H groups in total. The highest BCUT2D eigenvalue weighted by atomic mass is 16.2. The molecule has 1 rings (SSSR count). The Morgan fingerprint density at radius 3 is 2.62 bits per heavy atom. The number of carbonyl (C=O) groups is 1. The van der Waals surface area contributed by atoms with Gasteiger partial charge in [0, 0.05) is 20.0 Å². The van der Waals surface area contributed by atoms with Crippen LogP contribution < -0.4 is 5.32 Å². The number of nitrogens with one attached hydrogen (secondary N) is 1. The van der Waals surface area contributed by atoms with Crippen LogP contribution in [0.4, 0.5) is 0 Å². The van der Waals surface area contributed by atoms with Crippen molar-refractivity contribution in [2.45, 2.75) is 44.9 Å². The maximum Gasteiger partial charge on any atom is 0.222 e. The zero-order valence-electron chi connectivity index (χ0n) is 10.8. The second kappa shape index (κ2) is 7.66. The molecule has 0 spiro atoms. The smallest absolute Gasteiger partial charge is 0.222 e. The second-order valence-electron chi connectivity index (χ2n) is 4.98. The summed E-state index contributed by atoms with van der Waals surface area (Å²) in [5.74, 6) is 0.996. The quantitative estimate of drug-likeness (QED) is 0.703. The summed E-state index contributed by atoms with van der Waals surface area (Å²) in [6.07, 6.45) is 8.34. The van der Waals surface area contributed by atoms with Gasteiger partial charge < -0.3 is 10.2 Å². The number of nitrogens with zero attached hydrogens (tertiary/aromatic N) is 1. The molecule has 0 aromatic rings.